The van der Waals surface area contributed by atoms with E-state index in [-0.39, 0.29) is 0 Å². The first-order chi connectivity index (χ1) is 13.6. The summed E-state index contributed by atoms with van der Waals surface area (Å²) in [5, 5.41) is 4.96. The Morgan fingerprint density at radius 1 is 0.893 bits per heavy atom. The summed E-state index contributed by atoms with van der Waals surface area (Å²) < 4.78 is 3.27. The number of hydrogen-bond donors (Lipinski definition) is 2. The summed E-state index contributed by atoms with van der Waals surface area (Å²) in [5.74, 6) is 0.723. The third-order valence-electron chi connectivity index (χ3n) is 4.57. The molecule has 0 atom stereocenters. The maximum absolute atomic E-state index is 6.36. The minimum Gasteiger partial charge on any atom is -0.324 e. The number of fused-ring (bicyclic) bond motifs is 1. The Morgan fingerprint density at radius 2 is 1.71 bits per heavy atom. The van der Waals surface area contributed by atoms with Crippen molar-refractivity contribution in [3.63, 3.8) is 0 Å². The highest BCUT2D eigenvalue weighted by Crippen LogP contribution is 2.34. The summed E-state index contributed by atoms with van der Waals surface area (Å²) in [7, 11) is 0. The zero-order valence-corrected chi connectivity index (χ0v) is 17.6. The van der Waals surface area contributed by atoms with E-state index in [1.165, 1.54) is 5.56 Å². The minimum atomic E-state index is 0.511. The average Bonchev–Trinajstić information content (AvgIpc) is 2.69. The lowest BCUT2D eigenvalue weighted by Gasteiger charge is -2.23. The molecule has 1 aliphatic rings. The molecule has 0 saturated carbocycles. The highest BCUT2D eigenvalue weighted by molar-refractivity contribution is 7.98. The van der Waals surface area contributed by atoms with E-state index in [0.717, 1.165) is 49.7 Å². The Bertz CT molecular complexity index is 1050. The van der Waals surface area contributed by atoms with E-state index >= 15 is 0 Å². The summed E-state index contributed by atoms with van der Waals surface area (Å²) in [5.41, 5.74) is 5.50. The van der Waals surface area contributed by atoms with Crippen LogP contribution in [0.3, 0.4) is 0 Å². The van der Waals surface area contributed by atoms with Gasteiger partial charge in [-0.05, 0) is 59.3 Å². The molecular formula is C22H19Cl2N3S. The van der Waals surface area contributed by atoms with Crippen LogP contribution in [0.15, 0.2) is 70.6 Å². The molecule has 1 heterocycles. The van der Waals surface area contributed by atoms with Gasteiger partial charge in [0.2, 0.25) is 5.96 Å². The molecule has 3 aromatic carbocycles. The van der Waals surface area contributed by atoms with Crippen LogP contribution in [0.1, 0.15) is 22.3 Å². The molecule has 0 amide bonds. The number of aliphatic imine (C=N–C) groups is 1. The Kier molecular flexibility index (Phi) is 5.81. The Hall–Kier alpha value is -2.14. The van der Waals surface area contributed by atoms with Crippen molar-refractivity contribution in [3.05, 3.63) is 93.0 Å². The van der Waals surface area contributed by atoms with Crippen molar-refractivity contribution in [3.8, 4) is 0 Å². The van der Waals surface area contributed by atoms with E-state index in [1.54, 1.807) is 11.9 Å². The molecular weight excluding hydrogens is 409 g/mol. The third-order valence-corrected chi connectivity index (χ3v) is 6.14. The standard InChI is InChI=1S/C22H19Cl2N3S/c1-14-9-10-17(19(24)11-14)13-25-22-26-21-16(6-4-8-20(21)28-27-22)12-15-5-2-3-7-18(15)23/h2-11H,12-13H2,1H3,(H2,25,26,27). The van der Waals surface area contributed by atoms with Crippen molar-refractivity contribution in [2.75, 3.05) is 5.32 Å². The lowest BCUT2D eigenvalue weighted by Crippen LogP contribution is -2.30. The van der Waals surface area contributed by atoms with Crippen molar-refractivity contribution < 1.29 is 0 Å². The fourth-order valence-electron chi connectivity index (χ4n) is 3.06. The summed E-state index contributed by atoms with van der Waals surface area (Å²) in [6.45, 7) is 2.54. The largest absolute Gasteiger partial charge is 0.324 e. The summed E-state index contributed by atoms with van der Waals surface area (Å²) in [4.78, 5) is 5.81. The lowest BCUT2D eigenvalue weighted by molar-refractivity contribution is 1.04. The lowest BCUT2D eigenvalue weighted by atomic mass is 10.0. The smallest absolute Gasteiger partial charge is 0.206 e. The molecule has 0 aliphatic carbocycles. The molecule has 3 aromatic rings. The normalized spacial score (nSPS) is 14.3. The molecule has 3 nitrogen and oxygen atoms in total. The monoisotopic (exact) mass is 427 g/mol. The van der Waals surface area contributed by atoms with Crippen molar-refractivity contribution in [1.29, 1.82) is 0 Å². The molecule has 0 radical (unpaired) electrons. The number of aryl methyl sites for hydroxylation is 1. The number of hydrogen-bond acceptors (Lipinski definition) is 2. The van der Waals surface area contributed by atoms with Gasteiger partial charge in [0, 0.05) is 16.5 Å². The highest BCUT2D eigenvalue weighted by Gasteiger charge is 2.17. The number of para-hydroxylation sites is 1. The number of benzene rings is 3. The predicted molar refractivity (Wildman–Crippen MR) is 121 cm³/mol. The fraction of sp³-hybridized carbons (Fsp3) is 0.136. The van der Waals surface area contributed by atoms with Crippen LogP contribution >= 0.6 is 35.1 Å². The molecule has 6 heteroatoms. The second-order valence-electron chi connectivity index (χ2n) is 6.65. The second-order valence-corrected chi connectivity index (χ2v) is 8.31. The van der Waals surface area contributed by atoms with Gasteiger partial charge < -0.3 is 5.32 Å². The van der Waals surface area contributed by atoms with Gasteiger partial charge in [0.25, 0.3) is 0 Å². The Morgan fingerprint density at radius 3 is 2.54 bits per heavy atom. The molecule has 1 aliphatic heterocycles. The number of guanidine groups is 1. The molecule has 0 spiro atoms. The van der Waals surface area contributed by atoms with Gasteiger partial charge in [-0.1, -0.05) is 65.7 Å². The third kappa shape index (κ3) is 4.30. The first kappa shape index (κ1) is 19.2. The SMILES string of the molecule is Cc1ccc(CN=C2NSc3cccc(Cc4ccccc4Cl)c3N2)c(Cl)c1. The quantitative estimate of drug-likeness (QED) is 0.468. The van der Waals surface area contributed by atoms with Crippen molar-refractivity contribution in [2.24, 2.45) is 4.99 Å². The first-order valence-corrected chi connectivity index (χ1v) is 10.5. The van der Waals surface area contributed by atoms with Crippen LogP contribution in [0.4, 0.5) is 5.69 Å². The summed E-state index contributed by atoms with van der Waals surface area (Å²) >= 11 is 14.2. The number of nitrogens with one attached hydrogen (secondary N) is 2. The topological polar surface area (TPSA) is 36.4 Å². The van der Waals surface area contributed by atoms with Gasteiger partial charge in [-0.25, -0.2) is 4.99 Å². The molecule has 28 heavy (non-hydrogen) atoms. The van der Waals surface area contributed by atoms with Gasteiger partial charge in [0.05, 0.1) is 17.1 Å². The second kappa shape index (κ2) is 8.48. The Labute approximate surface area is 179 Å². The van der Waals surface area contributed by atoms with Gasteiger partial charge in [-0.3, -0.25) is 4.72 Å². The van der Waals surface area contributed by atoms with Crippen LogP contribution < -0.4 is 10.0 Å². The number of rotatable bonds is 4. The molecule has 0 bridgehead atoms. The maximum Gasteiger partial charge on any atom is 0.206 e. The van der Waals surface area contributed by atoms with Crippen molar-refractivity contribution in [2.45, 2.75) is 24.8 Å². The van der Waals surface area contributed by atoms with Gasteiger partial charge in [0.1, 0.15) is 0 Å². The van der Waals surface area contributed by atoms with Crippen LogP contribution in [0, 0.1) is 6.92 Å². The fourth-order valence-corrected chi connectivity index (χ4v) is 4.31. The van der Waals surface area contributed by atoms with E-state index in [0.29, 0.717) is 6.54 Å². The first-order valence-electron chi connectivity index (χ1n) is 8.95. The van der Waals surface area contributed by atoms with Crippen molar-refractivity contribution in [1.82, 2.24) is 4.72 Å². The summed E-state index contributed by atoms with van der Waals surface area (Å²) in [6.07, 6.45) is 0.757. The molecule has 142 valence electrons. The Balaban J connectivity index is 1.56. The van der Waals surface area contributed by atoms with Crippen LogP contribution in [0.25, 0.3) is 0 Å². The number of anilines is 1. The van der Waals surface area contributed by atoms with Crippen LogP contribution in [-0.2, 0) is 13.0 Å². The van der Waals surface area contributed by atoms with E-state index in [4.69, 9.17) is 23.2 Å². The van der Waals surface area contributed by atoms with Gasteiger partial charge in [0.15, 0.2) is 0 Å². The van der Waals surface area contributed by atoms with Crippen molar-refractivity contribution >= 4 is 46.8 Å². The molecule has 0 aromatic heterocycles. The van der Waals surface area contributed by atoms with E-state index in [2.05, 4.69) is 45.4 Å². The molecule has 0 unspecified atom stereocenters. The van der Waals surface area contributed by atoms with E-state index in [9.17, 15) is 0 Å². The predicted octanol–water partition coefficient (Wildman–Crippen LogP) is 6.47. The summed E-state index contributed by atoms with van der Waals surface area (Å²) in [6, 6.07) is 20.3. The van der Waals surface area contributed by atoms with Crippen LogP contribution in [0.2, 0.25) is 10.0 Å². The van der Waals surface area contributed by atoms with Gasteiger partial charge in [-0.2, -0.15) is 0 Å². The molecule has 0 saturated heterocycles. The average molecular weight is 428 g/mol. The molecule has 0 fully saturated rings. The maximum atomic E-state index is 6.36. The van der Waals surface area contributed by atoms with Gasteiger partial charge >= 0.3 is 0 Å². The zero-order valence-electron chi connectivity index (χ0n) is 15.3. The minimum absolute atomic E-state index is 0.511. The van der Waals surface area contributed by atoms with E-state index < -0.39 is 0 Å². The molecule has 4 rings (SSSR count). The highest BCUT2D eigenvalue weighted by atomic mass is 35.5. The molecule has 2 N–H and O–H groups in total. The number of halogens is 2. The number of nitrogens with zero attached hydrogens (tertiary/aromatic N) is 1. The van der Waals surface area contributed by atoms with Gasteiger partial charge in [-0.15, -0.1) is 0 Å². The van der Waals surface area contributed by atoms with Crippen LogP contribution in [0.5, 0.6) is 0 Å². The zero-order chi connectivity index (χ0) is 19.5. The van der Waals surface area contributed by atoms with Crippen LogP contribution in [-0.4, -0.2) is 5.96 Å². The van der Waals surface area contributed by atoms with E-state index in [1.807, 2.05) is 37.3 Å².